The van der Waals surface area contributed by atoms with Gasteiger partial charge in [0.05, 0.1) is 13.7 Å². The molecule has 1 aliphatic heterocycles. The Kier molecular flexibility index (Phi) is 2.47. The van der Waals surface area contributed by atoms with Crippen molar-refractivity contribution in [3.05, 3.63) is 35.3 Å². The number of benzene rings is 1. The van der Waals surface area contributed by atoms with Crippen molar-refractivity contribution in [3.8, 4) is 0 Å². The molecule has 1 N–H and O–H groups in total. The van der Waals surface area contributed by atoms with E-state index < -0.39 is 0 Å². The number of carbonyl (C=O) groups is 1. The average molecular weight is 248 g/mol. The summed E-state index contributed by atoms with van der Waals surface area (Å²) >= 11 is 0. The van der Waals surface area contributed by atoms with Gasteiger partial charge < -0.3 is 14.6 Å². The summed E-state index contributed by atoms with van der Waals surface area (Å²) in [7, 11) is 1.37. The van der Waals surface area contributed by atoms with Crippen molar-refractivity contribution in [3.63, 3.8) is 0 Å². The van der Waals surface area contributed by atoms with Crippen LogP contribution in [-0.2, 0) is 17.7 Å². The van der Waals surface area contributed by atoms with Gasteiger partial charge in [0, 0.05) is 23.1 Å². The van der Waals surface area contributed by atoms with Gasteiger partial charge in [-0.25, -0.2) is 9.18 Å². The fourth-order valence-electron chi connectivity index (χ4n) is 2.50. The molecule has 2 heterocycles. The second kappa shape index (κ2) is 4.01. The molecular formula is C13H13FN2O2. The van der Waals surface area contributed by atoms with Crippen LogP contribution in [0.4, 0.5) is 9.18 Å². The highest BCUT2D eigenvalue weighted by molar-refractivity contribution is 5.85. The Hall–Kier alpha value is -2.04. The molecule has 0 bridgehead atoms. The van der Waals surface area contributed by atoms with Crippen molar-refractivity contribution in [1.29, 1.82) is 0 Å². The van der Waals surface area contributed by atoms with E-state index >= 15 is 0 Å². The molecule has 0 saturated carbocycles. The number of fused-ring (bicyclic) bond motifs is 3. The molecule has 2 aromatic rings. The summed E-state index contributed by atoms with van der Waals surface area (Å²) in [5.41, 5.74) is 2.98. The zero-order valence-corrected chi connectivity index (χ0v) is 10.00. The van der Waals surface area contributed by atoms with E-state index in [1.165, 1.54) is 13.2 Å². The van der Waals surface area contributed by atoms with Gasteiger partial charge in [-0.1, -0.05) is 0 Å². The maximum absolute atomic E-state index is 13.2. The summed E-state index contributed by atoms with van der Waals surface area (Å²) in [6.45, 7) is 1.08. The van der Waals surface area contributed by atoms with E-state index in [1.807, 2.05) is 0 Å². The van der Waals surface area contributed by atoms with E-state index in [2.05, 4.69) is 4.98 Å². The number of rotatable bonds is 0. The quantitative estimate of drug-likeness (QED) is 0.778. The molecule has 4 nitrogen and oxygen atoms in total. The first-order valence-corrected chi connectivity index (χ1v) is 5.81. The Balaban J connectivity index is 2.02. The topological polar surface area (TPSA) is 45.3 Å². The van der Waals surface area contributed by atoms with E-state index in [9.17, 15) is 9.18 Å². The molecule has 18 heavy (non-hydrogen) atoms. The summed E-state index contributed by atoms with van der Waals surface area (Å²) in [6, 6.07) is 4.70. The Morgan fingerprint density at radius 2 is 2.33 bits per heavy atom. The van der Waals surface area contributed by atoms with Crippen molar-refractivity contribution in [1.82, 2.24) is 9.88 Å². The van der Waals surface area contributed by atoms with Crippen LogP contribution in [0, 0.1) is 5.82 Å². The highest BCUT2D eigenvalue weighted by atomic mass is 19.1. The molecule has 3 rings (SSSR count). The number of aromatic nitrogens is 1. The maximum Gasteiger partial charge on any atom is 0.409 e. The minimum Gasteiger partial charge on any atom is -0.453 e. The minimum absolute atomic E-state index is 0.236. The first-order chi connectivity index (χ1) is 8.69. The number of hydrogen-bond acceptors (Lipinski definition) is 2. The zero-order valence-electron chi connectivity index (χ0n) is 10.00. The fraction of sp³-hybridized carbons (Fsp3) is 0.308. The van der Waals surface area contributed by atoms with Crippen molar-refractivity contribution >= 4 is 17.0 Å². The molecule has 0 atom stereocenters. The van der Waals surface area contributed by atoms with Crippen LogP contribution in [0.25, 0.3) is 10.9 Å². The first kappa shape index (κ1) is 11.1. The lowest BCUT2D eigenvalue weighted by Crippen LogP contribution is -2.35. The molecule has 0 saturated heterocycles. The molecule has 0 fully saturated rings. The molecule has 1 amide bonds. The van der Waals surface area contributed by atoms with Gasteiger partial charge in [-0.15, -0.1) is 0 Å². The molecule has 0 aliphatic carbocycles. The van der Waals surface area contributed by atoms with Crippen LogP contribution in [0.2, 0.25) is 0 Å². The number of nitrogens with zero attached hydrogens (tertiary/aromatic N) is 1. The van der Waals surface area contributed by atoms with Gasteiger partial charge in [0.2, 0.25) is 0 Å². The number of nitrogens with one attached hydrogen (secondary N) is 1. The molecule has 1 aromatic carbocycles. The van der Waals surface area contributed by atoms with E-state index in [0.717, 1.165) is 22.2 Å². The normalized spacial score (nSPS) is 14.7. The van der Waals surface area contributed by atoms with E-state index in [1.54, 1.807) is 17.0 Å². The Morgan fingerprint density at radius 1 is 1.50 bits per heavy atom. The molecule has 5 heteroatoms. The standard InChI is InChI=1S/C13H13FN2O2/c1-18-13(17)16-5-4-9-10-6-8(14)2-3-11(10)15-12(9)7-16/h2-3,6,15H,4-5,7H2,1H3. The van der Waals surface area contributed by atoms with Crippen LogP contribution in [0.1, 0.15) is 11.3 Å². The van der Waals surface area contributed by atoms with Gasteiger partial charge in [-0.2, -0.15) is 0 Å². The molecule has 0 radical (unpaired) electrons. The number of carbonyl (C=O) groups excluding carboxylic acids is 1. The highest BCUT2D eigenvalue weighted by Gasteiger charge is 2.24. The number of methoxy groups -OCH3 is 1. The average Bonchev–Trinajstić information content (AvgIpc) is 2.74. The monoisotopic (exact) mass is 248 g/mol. The second-order valence-corrected chi connectivity index (χ2v) is 4.41. The van der Waals surface area contributed by atoms with Gasteiger partial charge in [0.15, 0.2) is 0 Å². The summed E-state index contributed by atoms with van der Waals surface area (Å²) < 4.78 is 18.0. The van der Waals surface area contributed by atoms with Crippen LogP contribution in [0.3, 0.4) is 0 Å². The summed E-state index contributed by atoms with van der Waals surface area (Å²) in [6.07, 6.45) is 0.388. The maximum atomic E-state index is 13.2. The van der Waals surface area contributed by atoms with Crippen LogP contribution in [0.15, 0.2) is 18.2 Å². The van der Waals surface area contributed by atoms with Crippen molar-refractivity contribution in [2.75, 3.05) is 13.7 Å². The van der Waals surface area contributed by atoms with E-state index in [-0.39, 0.29) is 11.9 Å². The van der Waals surface area contributed by atoms with Crippen molar-refractivity contribution in [2.45, 2.75) is 13.0 Å². The summed E-state index contributed by atoms with van der Waals surface area (Å²) in [5, 5.41) is 0.912. The number of hydrogen-bond donors (Lipinski definition) is 1. The van der Waals surface area contributed by atoms with Gasteiger partial charge >= 0.3 is 6.09 Å². The molecule has 1 aliphatic rings. The molecule has 94 valence electrons. The Morgan fingerprint density at radius 3 is 3.11 bits per heavy atom. The number of halogens is 1. The SMILES string of the molecule is COC(=O)N1CCc2c([nH]c3ccc(F)cc23)C1. The zero-order chi connectivity index (χ0) is 12.7. The van der Waals surface area contributed by atoms with Crippen LogP contribution >= 0.6 is 0 Å². The number of ether oxygens (including phenoxy) is 1. The second-order valence-electron chi connectivity index (χ2n) is 4.41. The summed E-state index contributed by atoms with van der Waals surface area (Å²) in [4.78, 5) is 16.3. The predicted octanol–water partition coefficient (Wildman–Crippen LogP) is 2.43. The molecule has 0 spiro atoms. The molecule has 0 unspecified atom stereocenters. The minimum atomic E-state index is -0.328. The number of aromatic amines is 1. The van der Waals surface area contributed by atoms with E-state index in [0.29, 0.717) is 19.5 Å². The lowest BCUT2D eigenvalue weighted by atomic mass is 10.0. The predicted molar refractivity (Wildman–Crippen MR) is 64.8 cm³/mol. The third-order valence-corrected chi connectivity index (χ3v) is 3.37. The third kappa shape index (κ3) is 1.63. The largest absolute Gasteiger partial charge is 0.453 e. The fourth-order valence-corrected chi connectivity index (χ4v) is 2.50. The van der Waals surface area contributed by atoms with Gasteiger partial charge in [0.1, 0.15) is 5.82 Å². The van der Waals surface area contributed by atoms with Crippen molar-refractivity contribution in [2.24, 2.45) is 0 Å². The number of amides is 1. The van der Waals surface area contributed by atoms with Gasteiger partial charge in [-0.3, -0.25) is 0 Å². The lowest BCUT2D eigenvalue weighted by molar-refractivity contribution is 0.118. The van der Waals surface area contributed by atoms with Crippen LogP contribution in [-0.4, -0.2) is 29.6 Å². The van der Waals surface area contributed by atoms with Crippen LogP contribution in [0.5, 0.6) is 0 Å². The van der Waals surface area contributed by atoms with E-state index in [4.69, 9.17) is 4.74 Å². The van der Waals surface area contributed by atoms with Crippen LogP contribution < -0.4 is 0 Å². The lowest BCUT2D eigenvalue weighted by Gasteiger charge is -2.25. The van der Waals surface area contributed by atoms with Gasteiger partial charge in [-0.05, 0) is 30.2 Å². The Bertz CT molecular complexity index is 621. The Labute approximate surface area is 103 Å². The first-order valence-electron chi connectivity index (χ1n) is 5.81. The van der Waals surface area contributed by atoms with Crippen molar-refractivity contribution < 1.29 is 13.9 Å². The highest BCUT2D eigenvalue weighted by Crippen LogP contribution is 2.28. The smallest absolute Gasteiger partial charge is 0.409 e. The summed E-state index contributed by atoms with van der Waals surface area (Å²) in [5.74, 6) is -0.236. The molecular weight excluding hydrogens is 235 g/mol. The van der Waals surface area contributed by atoms with Gasteiger partial charge in [0.25, 0.3) is 0 Å². The number of H-pyrrole nitrogens is 1. The molecule has 1 aromatic heterocycles. The third-order valence-electron chi connectivity index (χ3n) is 3.37.